The standard InChI is InChI=1S/C20H22ClN3O2/c1-13(2)22-12-17(25)23-20(26)18-15-10-6-7-11-16(15)24(19(18)21)14-8-4-3-5-9-14/h3-11,13,17,22,25H,12H2,1-2H3,(H,23,26). The first-order valence-electron chi connectivity index (χ1n) is 8.55. The molecule has 3 N–H and O–H groups in total. The van der Waals surface area contributed by atoms with Gasteiger partial charge in [-0.15, -0.1) is 0 Å². The van der Waals surface area contributed by atoms with Gasteiger partial charge in [-0.3, -0.25) is 9.36 Å². The zero-order valence-corrected chi connectivity index (χ0v) is 15.5. The maximum absolute atomic E-state index is 12.8. The zero-order valence-electron chi connectivity index (χ0n) is 14.7. The molecule has 26 heavy (non-hydrogen) atoms. The van der Waals surface area contributed by atoms with E-state index in [-0.39, 0.29) is 12.6 Å². The molecule has 3 rings (SSSR count). The van der Waals surface area contributed by atoms with E-state index in [9.17, 15) is 9.90 Å². The third kappa shape index (κ3) is 3.75. The number of amides is 1. The second-order valence-electron chi connectivity index (χ2n) is 6.41. The van der Waals surface area contributed by atoms with Crippen LogP contribution in [-0.4, -0.2) is 34.4 Å². The van der Waals surface area contributed by atoms with Crippen molar-refractivity contribution < 1.29 is 9.90 Å². The molecule has 0 saturated heterocycles. The topological polar surface area (TPSA) is 66.3 Å². The van der Waals surface area contributed by atoms with Gasteiger partial charge in [0.15, 0.2) is 0 Å². The quantitative estimate of drug-likeness (QED) is 0.582. The number of carbonyl (C=O) groups excluding carboxylic acids is 1. The number of aliphatic hydroxyl groups excluding tert-OH is 1. The summed E-state index contributed by atoms with van der Waals surface area (Å²) in [5, 5.41) is 16.8. The fourth-order valence-electron chi connectivity index (χ4n) is 2.88. The lowest BCUT2D eigenvalue weighted by atomic mass is 10.1. The predicted molar refractivity (Wildman–Crippen MR) is 105 cm³/mol. The molecule has 0 aliphatic rings. The third-order valence-corrected chi connectivity index (χ3v) is 4.43. The van der Waals surface area contributed by atoms with Crippen LogP contribution < -0.4 is 10.6 Å². The third-order valence-electron chi connectivity index (χ3n) is 4.08. The molecule has 1 amide bonds. The van der Waals surface area contributed by atoms with Gasteiger partial charge in [0.05, 0.1) is 11.1 Å². The summed E-state index contributed by atoms with van der Waals surface area (Å²) in [7, 11) is 0. The summed E-state index contributed by atoms with van der Waals surface area (Å²) in [6, 6.07) is 17.4. The van der Waals surface area contributed by atoms with E-state index in [0.717, 1.165) is 16.6 Å². The lowest BCUT2D eigenvalue weighted by molar-refractivity contribution is 0.0780. The Morgan fingerprint density at radius 1 is 1.12 bits per heavy atom. The molecule has 0 saturated carbocycles. The lowest BCUT2D eigenvalue weighted by Gasteiger charge is -2.15. The number of hydrogen-bond acceptors (Lipinski definition) is 3. The first-order valence-corrected chi connectivity index (χ1v) is 8.93. The van der Waals surface area contributed by atoms with E-state index >= 15 is 0 Å². The van der Waals surface area contributed by atoms with Crippen LogP contribution in [0.15, 0.2) is 54.6 Å². The van der Waals surface area contributed by atoms with Gasteiger partial charge in [-0.25, -0.2) is 0 Å². The SMILES string of the molecule is CC(C)NCC(O)NC(=O)c1c(Cl)n(-c2ccccc2)c2ccccc12. The number of carbonyl (C=O) groups is 1. The van der Waals surface area contributed by atoms with Crippen LogP contribution in [0.25, 0.3) is 16.6 Å². The van der Waals surface area contributed by atoms with Gasteiger partial charge < -0.3 is 15.7 Å². The molecule has 0 bridgehead atoms. The second-order valence-corrected chi connectivity index (χ2v) is 6.76. The van der Waals surface area contributed by atoms with Crippen LogP contribution >= 0.6 is 11.6 Å². The Kier molecular flexibility index (Phi) is 5.61. The van der Waals surface area contributed by atoms with E-state index in [1.807, 2.05) is 73.0 Å². The van der Waals surface area contributed by atoms with Gasteiger partial charge in [0.2, 0.25) is 0 Å². The van der Waals surface area contributed by atoms with Gasteiger partial charge >= 0.3 is 0 Å². The molecule has 1 unspecified atom stereocenters. The van der Waals surface area contributed by atoms with Crippen molar-refractivity contribution in [3.05, 3.63) is 65.3 Å². The summed E-state index contributed by atoms with van der Waals surface area (Å²) in [6.07, 6.45) is -1.00. The molecule has 3 aromatic rings. The number of aliphatic hydroxyl groups is 1. The average molecular weight is 372 g/mol. The summed E-state index contributed by atoms with van der Waals surface area (Å²) >= 11 is 6.60. The minimum atomic E-state index is -1.00. The molecule has 5 nitrogen and oxygen atoms in total. The summed E-state index contributed by atoms with van der Waals surface area (Å²) < 4.78 is 1.84. The van der Waals surface area contributed by atoms with Gasteiger partial charge in [0.25, 0.3) is 5.91 Å². The number of para-hydroxylation sites is 2. The molecule has 1 heterocycles. The van der Waals surface area contributed by atoms with E-state index in [1.165, 1.54) is 0 Å². The Morgan fingerprint density at radius 2 is 1.77 bits per heavy atom. The number of fused-ring (bicyclic) bond motifs is 1. The Morgan fingerprint density at radius 3 is 2.46 bits per heavy atom. The van der Waals surface area contributed by atoms with Crippen molar-refractivity contribution in [3.8, 4) is 5.69 Å². The number of rotatable bonds is 6. The highest BCUT2D eigenvalue weighted by atomic mass is 35.5. The van der Waals surface area contributed by atoms with Crippen LogP contribution in [0, 0.1) is 0 Å². The minimum absolute atomic E-state index is 0.213. The van der Waals surface area contributed by atoms with Gasteiger partial charge in [0, 0.05) is 23.7 Å². The molecular weight excluding hydrogens is 350 g/mol. The van der Waals surface area contributed by atoms with Crippen molar-refractivity contribution in [3.63, 3.8) is 0 Å². The van der Waals surface area contributed by atoms with Gasteiger partial charge in [0.1, 0.15) is 11.4 Å². The zero-order chi connectivity index (χ0) is 18.7. The van der Waals surface area contributed by atoms with E-state index in [4.69, 9.17) is 11.6 Å². The Hall–Kier alpha value is -2.34. The normalized spacial score (nSPS) is 12.5. The maximum Gasteiger partial charge on any atom is 0.257 e. The maximum atomic E-state index is 12.8. The smallest absolute Gasteiger partial charge is 0.257 e. The molecule has 0 aliphatic heterocycles. The van der Waals surface area contributed by atoms with Gasteiger partial charge in [-0.1, -0.05) is 61.8 Å². The van der Waals surface area contributed by atoms with Gasteiger partial charge in [-0.05, 0) is 18.2 Å². The molecule has 2 aromatic carbocycles. The van der Waals surface area contributed by atoms with Crippen LogP contribution in [0.4, 0.5) is 0 Å². The molecule has 1 aromatic heterocycles. The van der Waals surface area contributed by atoms with Crippen molar-refractivity contribution in [2.75, 3.05) is 6.54 Å². The monoisotopic (exact) mass is 371 g/mol. The number of aromatic nitrogens is 1. The molecule has 0 spiro atoms. The fraction of sp³-hybridized carbons (Fsp3) is 0.250. The molecule has 0 fully saturated rings. The highest BCUT2D eigenvalue weighted by molar-refractivity contribution is 6.36. The van der Waals surface area contributed by atoms with Crippen molar-refractivity contribution in [2.24, 2.45) is 0 Å². The first kappa shape index (κ1) is 18.5. The molecule has 0 radical (unpaired) electrons. The lowest BCUT2D eigenvalue weighted by Crippen LogP contribution is -2.43. The van der Waals surface area contributed by atoms with Crippen molar-refractivity contribution in [1.29, 1.82) is 0 Å². The van der Waals surface area contributed by atoms with E-state index in [2.05, 4.69) is 10.6 Å². The molecule has 1 atom stereocenters. The Labute approximate surface area is 157 Å². The van der Waals surface area contributed by atoms with Gasteiger partial charge in [-0.2, -0.15) is 0 Å². The number of halogens is 1. The number of nitrogens with zero attached hydrogens (tertiary/aromatic N) is 1. The number of hydrogen-bond donors (Lipinski definition) is 3. The van der Waals surface area contributed by atoms with Crippen LogP contribution in [0.5, 0.6) is 0 Å². The summed E-state index contributed by atoms with van der Waals surface area (Å²) in [4.78, 5) is 12.8. The molecular formula is C20H22ClN3O2. The molecule has 0 aliphatic carbocycles. The predicted octanol–water partition coefficient (Wildman–Crippen LogP) is 3.33. The minimum Gasteiger partial charge on any atom is -0.372 e. The van der Waals surface area contributed by atoms with Crippen LogP contribution in [-0.2, 0) is 0 Å². The Balaban J connectivity index is 1.99. The highest BCUT2D eigenvalue weighted by Crippen LogP contribution is 2.33. The van der Waals surface area contributed by atoms with Crippen LogP contribution in [0.1, 0.15) is 24.2 Å². The summed E-state index contributed by atoms with van der Waals surface area (Å²) in [5.74, 6) is -0.404. The second kappa shape index (κ2) is 7.91. The fourth-order valence-corrected chi connectivity index (χ4v) is 3.25. The van der Waals surface area contributed by atoms with E-state index < -0.39 is 12.1 Å². The van der Waals surface area contributed by atoms with Crippen LogP contribution in [0.3, 0.4) is 0 Å². The molecule has 136 valence electrons. The van der Waals surface area contributed by atoms with Crippen molar-refractivity contribution >= 4 is 28.4 Å². The molecule has 6 heteroatoms. The highest BCUT2D eigenvalue weighted by Gasteiger charge is 2.23. The van der Waals surface area contributed by atoms with Crippen molar-refractivity contribution in [1.82, 2.24) is 15.2 Å². The summed E-state index contributed by atoms with van der Waals surface area (Å²) in [5.41, 5.74) is 2.06. The van der Waals surface area contributed by atoms with E-state index in [1.54, 1.807) is 0 Å². The number of benzene rings is 2. The van der Waals surface area contributed by atoms with Crippen LogP contribution in [0.2, 0.25) is 5.15 Å². The van der Waals surface area contributed by atoms with Crippen molar-refractivity contribution in [2.45, 2.75) is 26.1 Å². The summed E-state index contributed by atoms with van der Waals surface area (Å²) in [6.45, 7) is 4.20. The average Bonchev–Trinajstić information content (AvgIpc) is 2.92. The first-order chi connectivity index (χ1) is 12.5. The van der Waals surface area contributed by atoms with E-state index in [0.29, 0.717) is 10.7 Å². The Bertz CT molecular complexity index is 906. The number of nitrogens with one attached hydrogen (secondary N) is 2. The largest absolute Gasteiger partial charge is 0.372 e.